The van der Waals surface area contributed by atoms with E-state index in [1.807, 2.05) is 6.92 Å². The number of carbonyl (C=O) groups is 3. The molecule has 0 aliphatic rings. The number of amides is 1. The highest BCUT2D eigenvalue weighted by Gasteiger charge is 2.19. The lowest BCUT2D eigenvalue weighted by Crippen LogP contribution is -2.32. The van der Waals surface area contributed by atoms with E-state index in [0.717, 1.165) is 0 Å². The van der Waals surface area contributed by atoms with Gasteiger partial charge in [0.1, 0.15) is 5.75 Å². The summed E-state index contributed by atoms with van der Waals surface area (Å²) in [5, 5.41) is 3.08. The van der Waals surface area contributed by atoms with Gasteiger partial charge in [-0.15, -0.1) is 0 Å². The third kappa shape index (κ3) is 8.53. The highest BCUT2D eigenvalue weighted by molar-refractivity contribution is 6.30. The minimum atomic E-state index is -0.988. The Balaban J connectivity index is 1.69. The minimum Gasteiger partial charge on any atom is -0.427 e. The van der Waals surface area contributed by atoms with E-state index >= 15 is 0 Å². The summed E-state index contributed by atoms with van der Waals surface area (Å²) < 4.78 is 15.6. The molecule has 0 heterocycles. The molecule has 30 heavy (non-hydrogen) atoms. The fraction of sp³-hybridized carbons (Fsp3) is 0.318. The van der Waals surface area contributed by atoms with Gasteiger partial charge in [-0.3, -0.25) is 4.79 Å². The molecule has 8 heteroatoms. The van der Waals surface area contributed by atoms with Crippen molar-refractivity contribution in [3.05, 3.63) is 65.2 Å². The number of hydrogen-bond acceptors (Lipinski definition) is 6. The number of benzene rings is 2. The van der Waals surface area contributed by atoms with Crippen LogP contribution >= 0.6 is 11.6 Å². The van der Waals surface area contributed by atoms with Crippen LogP contribution in [0.2, 0.25) is 5.02 Å². The van der Waals surface area contributed by atoms with E-state index in [-0.39, 0.29) is 13.0 Å². The van der Waals surface area contributed by atoms with E-state index in [2.05, 4.69) is 5.32 Å². The van der Waals surface area contributed by atoms with Crippen molar-refractivity contribution in [2.24, 2.45) is 0 Å². The predicted octanol–water partition coefficient (Wildman–Crippen LogP) is 4.74. The number of halogens is 1. The molecule has 2 aromatic carbocycles. The molecule has 1 unspecified atom stereocenters. The lowest BCUT2D eigenvalue weighted by Gasteiger charge is -2.18. The van der Waals surface area contributed by atoms with Gasteiger partial charge in [0, 0.05) is 24.4 Å². The largest absolute Gasteiger partial charge is 0.427 e. The number of carbonyl (C=O) groups excluding carboxylic acids is 3. The highest BCUT2D eigenvalue weighted by atomic mass is 35.5. The van der Waals surface area contributed by atoms with Gasteiger partial charge in [0.15, 0.2) is 0 Å². The Hall–Kier alpha value is -3.06. The van der Waals surface area contributed by atoms with Gasteiger partial charge in [-0.2, -0.15) is 0 Å². The third-order valence-electron chi connectivity index (χ3n) is 3.88. The summed E-state index contributed by atoms with van der Waals surface area (Å²) in [5.74, 6) is -0.584. The fourth-order valence-corrected chi connectivity index (χ4v) is 2.53. The zero-order valence-corrected chi connectivity index (χ0v) is 17.4. The van der Waals surface area contributed by atoms with Crippen LogP contribution in [0.1, 0.15) is 43.0 Å². The average molecular weight is 434 g/mol. The Bertz CT molecular complexity index is 825. The smallest absolute Gasteiger partial charge is 0.410 e. The second-order valence-electron chi connectivity index (χ2n) is 6.35. The highest BCUT2D eigenvalue weighted by Crippen LogP contribution is 2.16. The quantitative estimate of drug-likeness (QED) is 0.252. The summed E-state index contributed by atoms with van der Waals surface area (Å²) in [6, 6.07) is 14.9. The molecular formula is C22H24ClNO6. The maximum absolute atomic E-state index is 12.1. The monoisotopic (exact) mass is 433 g/mol. The summed E-state index contributed by atoms with van der Waals surface area (Å²) in [6.45, 7) is 2.09. The Morgan fingerprint density at radius 1 is 1.00 bits per heavy atom. The van der Waals surface area contributed by atoms with E-state index < -0.39 is 24.3 Å². The van der Waals surface area contributed by atoms with Crippen LogP contribution in [0.15, 0.2) is 54.6 Å². The SMILES string of the molecule is CCCC(OC(=O)NCCCC(=O)Oc1ccc(Cl)cc1)OC(=O)c1ccccc1. The Morgan fingerprint density at radius 3 is 2.37 bits per heavy atom. The van der Waals surface area contributed by atoms with Gasteiger partial charge in [0.05, 0.1) is 5.56 Å². The van der Waals surface area contributed by atoms with Crippen molar-refractivity contribution < 1.29 is 28.6 Å². The molecule has 1 N–H and O–H groups in total. The van der Waals surface area contributed by atoms with Crippen LogP contribution in [0.4, 0.5) is 4.79 Å². The van der Waals surface area contributed by atoms with Gasteiger partial charge >= 0.3 is 18.0 Å². The summed E-state index contributed by atoms with van der Waals surface area (Å²) in [4.78, 5) is 35.9. The number of ether oxygens (including phenoxy) is 3. The lowest BCUT2D eigenvalue weighted by molar-refractivity contribution is -0.134. The molecule has 2 rings (SSSR count). The van der Waals surface area contributed by atoms with Gasteiger partial charge in [-0.1, -0.05) is 36.7 Å². The van der Waals surface area contributed by atoms with Crippen LogP contribution in [0.25, 0.3) is 0 Å². The Labute approximate surface area is 180 Å². The van der Waals surface area contributed by atoms with Crippen LogP contribution in [-0.4, -0.2) is 30.9 Å². The van der Waals surface area contributed by atoms with Gasteiger partial charge in [0.25, 0.3) is 0 Å². The number of hydrogen-bond donors (Lipinski definition) is 1. The second-order valence-corrected chi connectivity index (χ2v) is 6.79. The standard InChI is InChI=1S/C22H24ClNO6/c1-2-7-20(29-21(26)16-8-4-3-5-9-16)30-22(27)24-15-6-10-19(25)28-18-13-11-17(23)12-14-18/h3-5,8-9,11-14,20H,2,6-7,10,15H2,1H3,(H,24,27). The van der Waals surface area contributed by atoms with Crippen molar-refractivity contribution in [2.75, 3.05) is 6.54 Å². The number of alkyl carbamates (subject to hydrolysis) is 1. The first-order valence-electron chi connectivity index (χ1n) is 9.64. The molecular weight excluding hydrogens is 410 g/mol. The zero-order valence-electron chi connectivity index (χ0n) is 16.6. The topological polar surface area (TPSA) is 90.9 Å². The van der Waals surface area contributed by atoms with E-state index in [9.17, 15) is 14.4 Å². The lowest BCUT2D eigenvalue weighted by atomic mass is 10.2. The van der Waals surface area contributed by atoms with Crippen LogP contribution in [0.3, 0.4) is 0 Å². The fourth-order valence-electron chi connectivity index (χ4n) is 2.41. The van der Waals surface area contributed by atoms with E-state index in [0.29, 0.717) is 35.6 Å². The van der Waals surface area contributed by atoms with E-state index in [1.165, 1.54) is 0 Å². The summed E-state index contributed by atoms with van der Waals surface area (Å²) in [6.07, 6.45) is -0.192. The van der Waals surface area contributed by atoms with Gasteiger partial charge < -0.3 is 19.5 Å². The molecule has 0 saturated heterocycles. The molecule has 160 valence electrons. The van der Waals surface area contributed by atoms with Crippen molar-refractivity contribution >= 4 is 29.6 Å². The van der Waals surface area contributed by atoms with Gasteiger partial charge in [0.2, 0.25) is 6.29 Å². The summed E-state index contributed by atoms with van der Waals surface area (Å²) in [5.41, 5.74) is 0.377. The zero-order chi connectivity index (χ0) is 21.8. The van der Waals surface area contributed by atoms with Crippen molar-refractivity contribution in [2.45, 2.75) is 38.9 Å². The van der Waals surface area contributed by atoms with Crippen LogP contribution < -0.4 is 10.1 Å². The van der Waals surface area contributed by atoms with Crippen molar-refractivity contribution in [3.8, 4) is 5.75 Å². The number of esters is 2. The van der Waals surface area contributed by atoms with Crippen LogP contribution in [0, 0.1) is 0 Å². The van der Waals surface area contributed by atoms with E-state index in [4.69, 9.17) is 25.8 Å². The molecule has 0 saturated carbocycles. The maximum atomic E-state index is 12.1. The number of rotatable bonds is 10. The van der Waals surface area contributed by atoms with Gasteiger partial charge in [-0.25, -0.2) is 9.59 Å². The molecule has 1 atom stereocenters. The van der Waals surface area contributed by atoms with Crippen LogP contribution in [0.5, 0.6) is 5.75 Å². The van der Waals surface area contributed by atoms with Crippen LogP contribution in [-0.2, 0) is 14.3 Å². The first kappa shape index (κ1) is 23.2. The second kappa shape index (κ2) is 12.5. The third-order valence-corrected chi connectivity index (χ3v) is 4.14. The maximum Gasteiger partial charge on any atom is 0.410 e. The van der Waals surface area contributed by atoms with Crippen molar-refractivity contribution in [1.82, 2.24) is 5.32 Å². The normalized spacial score (nSPS) is 11.3. The summed E-state index contributed by atoms with van der Waals surface area (Å²) in [7, 11) is 0. The predicted molar refractivity (Wildman–Crippen MR) is 111 cm³/mol. The molecule has 0 aromatic heterocycles. The minimum absolute atomic E-state index is 0.115. The van der Waals surface area contributed by atoms with E-state index in [1.54, 1.807) is 54.6 Å². The number of nitrogens with one attached hydrogen (secondary N) is 1. The molecule has 0 bridgehead atoms. The molecule has 1 amide bonds. The average Bonchev–Trinajstić information content (AvgIpc) is 2.73. The summed E-state index contributed by atoms with van der Waals surface area (Å²) >= 11 is 5.77. The Kier molecular flexibility index (Phi) is 9.67. The molecule has 7 nitrogen and oxygen atoms in total. The molecule has 0 spiro atoms. The molecule has 0 aliphatic carbocycles. The Morgan fingerprint density at radius 2 is 1.70 bits per heavy atom. The molecule has 0 aliphatic heterocycles. The molecule has 0 fully saturated rings. The first-order valence-corrected chi connectivity index (χ1v) is 10.0. The van der Waals surface area contributed by atoms with Crippen molar-refractivity contribution in [3.63, 3.8) is 0 Å². The van der Waals surface area contributed by atoms with Gasteiger partial charge in [-0.05, 0) is 49.2 Å². The first-order chi connectivity index (χ1) is 14.5. The van der Waals surface area contributed by atoms with Crippen molar-refractivity contribution in [1.29, 1.82) is 0 Å². The molecule has 0 radical (unpaired) electrons. The molecule has 2 aromatic rings.